The second-order valence-corrected chi connectivity index (χ2v) is 8.58. The molecule has 0 radical (unpaired) electrons. The summed E-state index contributed by atoms with van der Waals surface area (Å²) in [6.07, 6.45) is 0. The lowest BCUT2D eigenvalue weighted by Crippen LogP contribution is -2.16. The fourth-order valence-electron chi connectivity index (χ4n) is 2.51. The second kappa shape index (κ2) is 8.22. The van der Waals surface area contributed by atoms with Gasteiger partial charge in [-0.1, -0.05) is 35.3 Å². The van der Waals surface area contributed by atoms with E-state index >= 15 is 0 Å². The topological polar surface area (TPSA) is 75.3 Å². The van der Waals surface area contributed by atoms with Crippen LogP contribution in [-0.2, 0) is 10.0 Å². The molecule has 0 fully saturated rings. The summed E-state index contributed by atoms with van der Waals surface area (Å²) >= 11 is 11.9. The van der Waals surface area contributed by atoms with Crippen molar-refractivity contribution in [1.29, 1.82) is 0 Å². The second-order valence-electron chi connectivity index (χ2n) is 6.08. The maximum absolute atomic E-state index is 12.8. The van der Waals surface area contributed by atoms with E-state index in [9.17, 15) is 13.2 Å². The smallest absolute Gasteiger partial charge is 0.263 e. The van der Waals surface area contributed by atoms with Gasteiger partial charge in [0, 0.05) is 22.0 Å². The van der Waals surface area contributed by atoms with Crippen LogP contribution < -0.4 is 10.0 Å². The van der Waals surface area contributed by atoms with Crippen molar-refractivity contribution in [2.45, 2.75) is 11.8 Å². The van der Waals surface area contributed by atoms with Gasteiger partial charge in [-0.25, -0.2) is 8.42 Å². The molecule has 0 atom stereocenters. The van der Waals surface area contributed by atoms with E-state index in [1.54, 1.807) is 42.5 Å². The summed E-state index contributed by atoms with van der Waals surface area (Å²) in [6.45, 7) is 1.85. The van der Waals surface area contributed by atoms with Crippen molar-refractivity contribution in [3.63, 3.8) is 0 Å². The van der Waals surface area contributed by atoms with Crippen LogP contribution >= 0.6 is 23.2 Å². The number of nitrogens with one attached hydrogen (secondary N) is 2. The fourth-order valence-corrected chi connectivity index (χ4v) is 4.21. The largest absolute Gasteiger partial charge is 0.322 e. The minimum absolute atomic E-state index is 0.0168. The zero-order valence-electron chi connectivity index (χ0n) is 14.7. The Labute approximate surface area is 173 Å². The summed E-state index contributed by atoms with van der Waals surface area (Å²) in [5.41, 5.74) is 2.00. The molecule has 8 heteroatoms. The van der Waals surface area contributed by atoms with Crippen molar-refractivity contribution in [3.05, 3.63) is 87.9 Å². The first-order valence-corrected chi connectivity index (χ1v) is 10.4. The summed E-state index contributed by atoms with van der Waals surface area (Å²) in [6, 6.07) is 17.6. The molecule has 3 aromatic carbocycles. The van der Waals surface area contributed by atoms with Crippen molar-refractivity contribution in [1.82, 2.24) is 0 Å². The molecule has 0 saturated carbocycles. The number of carbonyl (C=O) groups excluding carboxylic acids is 1. The molecule has 0 bridgehead atoms. The third kappa shape index (κ3) is 4.84. The maximum Gasteiger partial charge on any atom is 0.263 e. The number of sulfonamides is 1. The molecule has 5 nitrogen and oxygen atoms in total. The Bertz CT molecular complexity index is 1130. The van der Waals surface area contributed by atoms with Crippen LogP contribution in [0.1, 0.15) is 15.9 Å². The number of aryl methyl sites for hydroxylation is 1. The summed E-state index contributed by atoms with van der Waals surface area (Å²) in [4.78, 5) is 12.3. The first kappa shape index (κ1) is 20.2. The van der Waals surface area contributed by atoms with Gasteiger partial charge in [-0.05, 0) is 67.1 Å². The quantitative estimate of drug-likeness (QED) is 0.567. The van der Waals surface area contributed by atoms with Crippen molar-refractivity contribution >= 4 is 50.5 Å². The van der Waals surface area contributed by atoms with Crippen LogP contribution in [-0.4, -0.2) is 14.3 Å². The number of halogens is 2. The van der Waals surface area contributed by atoms with Crippen molar-refractivity contribution < 1.29 is 13.2 Å². The highest BCUT2D eigenvalue weighted by atomic mass is 35.5. The molecule has 0 aliphatic heterocycles. The van der Waals surface area contributed by atoms with Gasteiger partial charge in [-0.15, -0.1) is 0 Å². The fraction of sp³-hybridized carbons (Fsp3) is 0.0500. The number of rotatable bonds is 5. The predicted molar refractivity (Wildman–Crippen MR) is 113 cm³/mol. The van der Waals surface area contributed by atoms with E-state index in [-0.39, 0.29) is 15.5 Å². The molecule has 0 aromatic heterocycles. The van der Waals surface area contributed by atoms with Gasteiger partial charge in [-0.2, -0.15) is 0 Å². The molecule has 0 saturated heterocycles. The normalized spacial score (nSPS) is 11.1. The molecule has 0 aliphatic rings. The lowest BCUT2D eigenvalue weighted by Gasteiger charge is -2.12. The van der Waals surface area contributed by atoms with E-state index in [2.05, 4.69) is 10.0 Å². The molecule has 144 valence electrons. The van der Waals surface area contributed by atoms with Crippen LogP contribution in [0.15, 0.2) is 71.6 Å². The van der Waals surface area contributed by atoms with Crippen LogP contribution in [0.5, 0.6) is 0 Å². The van der Waals surface area contributed by atoms with Gasteiger partial charge in [0.25, 0.3) is 15.9 Å². The average molecular weight is 435 g/mol. The lowest BCUT2D eigenvalue weighted by atomic mass is 10.2. The first-order chi connectivity index (χ1) is 13.2. The van der Waals surface area contributed by atoms with E-state index in [4.69, 9.17) is 23.2 Å². The van der Waals surface area contributed by atoms with Gasteiger partial charge in [0.2, 0.25) is 0 Å². The van der Waals surface area contributed by atoms with E-state index in [0.29, 0.717) is 16.4 Å². The Morgan fingerprint density at radius 1 is 0.893 bits per heavy atom. The first-order valence-electron chi connectivity index (χ1n) is 8.20. The molecular weight excluding hydrogens is 419 g/mol. The van der Waals surface area contributed by atoms with Gasteiger partial charge in [0.15, 0.2) is 0 Å². The molecule has 0 unspecified atom stereocenters. The summed E-state index contributed by atoms with van der Waals surface area (Å²) in [5.74, 6) is -0.467. The molecule has 0 spiro atoms. The Kier molecular flexibility index (Phi) is 5.93. The van der Waals surface area contributed by atoms with Crippen LogP contribution in [0.4, 0.5) is 11.4 Å². The monoisotopic (exact) mass is 434 g/mol. The number of benzene rings is 3. The van der Waals surface area contributed by atoms with E-state index in [0.717, 1.165) is 5.56 Å². The third-order valence-electron chi connectivity index (χ3n) is 3.86. The number of amides is 1. The Morgan fingerprint density at radius 3 is 2.29 bits per heavy atom. The van der Waals surface area contributed by atoms with Crippen LogP contribution in [0.3, 0.4) is 0 Å². The van der Waals surface area contributed by atoms with Gasteiger partial charge in [0.05, 0.1) is 5.02 Å². The number of hydrogen-bond donors (Lipinski definition) is 2. The number of carbonyl (C=O) groups is 1. The highest BCUT2D eigenvalue weighted by molar-refractivity contribution is 7.92. The van der Waals surface area contributed by atoms with E-state index in [1.165, 1.54) is 18.2 Å². The molecule has 1 amide bonds. The minimum Gasteiger partial charge on any atom is -0.322 e. The summed E-state index contributed by atoms with van der Waals surface area (Å²) < 4.78 is 28.0. The molecular formula is C20H16Cl2N2O3S. The van der Waals surface area contributed by atoms with Gasteiger partial charge < -0.3 is 5.32 Å². The molecule has 3 rings (SSSR count). The predicted octanol–water partition coefficient (Wildman–Crippen LogP) is 5.35. The van der Waals surface area contributed by atoms with Gasteiger partial charge >= 0.3 is 0 Å². The zero-order chi connectivity index (χ0) is 20.3. The average Bonchev–Trinajstić information content (AvgIpc) is 2.63. The van der Waals surface area contributed by atoms with Gasteiger partial charge in [0.1, 0.15) is 4.90 Å². The standard InChI is InChI=1S/C20H16Cl2N2O3S/c1-13-3-2-4-17(11-13)24-28(26,27)19-12-14(5-10-18(19)22)20(25)23-16-8-6-15(21)7-9-16/h2-12,24H,1H3,(H,23,25). The van der Waals surface area contributed by atoms with Crippen LogP contribution in [0.2, 0.25) is 10.0 Å². The van der Waals surface area contributed by atoms with Crippen molar-refractivity contribution in [2.24, 2.45) is 0 Å². The summed E-state index contributed by atoms with van der Waals surface area (Å²) in [7, 11) is -3.97. The van der Waals surface area contributed by atoms with Gasteiger partial charge in [-0.3, -0.25) is 9.52 Å². The highest BCUT2D eigenvalue weighted by Crippen LogP contribution is 2.26. The van der Waals surface area contributed by atoms with Crippen molar-refractivity contribution in [2.75, 3.05) is 10.0 Å². The lowest BCUT2D eigenvalue weighted by molar-refractivity contribution is 0.102. The number of anilines is 2. The summed E-state index contributed by atoms with van der Waals surface area (Å²) in [5, 5.41) is 3.24. The molecule has 28 heavy (non-hydrogen) atoms. The Morgan fingerprint density at radius 2 is 1.61 bits per heavy atom. The molecule has 3 aromatic rings. The SMILES string of the molecule is Cc1cccc(NS(=O)(=O)c2cc(C(=O)Nc3ccc(Cl)cc3)ccc2Cl)c1. The minimum atomic E-state index is -3.97. The Hall–Kier alpha value is -2.54. The molecule has 0 aliphatic carbocycles. The molecule has 2 N–H and O–H groups in total. The van der Waals surface area contributed by atoms with Crippen LogP contribution in [0, 0.1) is 6.92 Å². The maximum atomic E-state index is 12.8. The van der Waals surface area contributed by atoms with Crippen molar-refractivity contribution in [3.8, 4) is 0 Å². The third-order valence-corrected chi connectivity index (χ3v) is 5.97. The van der Waals surface area contributed by atoms with Crippen LogP contribution in [0.25, 0.3) is 0 Å². The van der Waals surface area contributed by atoms with E-state index < -0.39 is 15.9 Å². The zero-order valence-corrected chi connectivity index (χ0v) is 17.1. The Balaban J connectivity index is 1.87. The molecule has 0 heterocycles. The van der Waals surface area contributed by atoms with E-state index in [1.807, 2.05) is 13.0 Å². The number of hydrogen-bond acceptors (Lipinski definition) is 3. The highest BCUT2D eigenvalue weighted by Gasteiger charge is 2.20.